The van der Waals surface area contributed by atoms with Gasteiger partial charge in [-0.2, -0.15) is 0 Å². The molecule has 5 heteroatoms. The maximum Gasteiger partial charge on any atom is 0.137 e. The van der Waals surface area contributed by atoms with Crippen molar-refractivity contribution in [3.63, 3.8) is 0 Å². The summed E-state index contributed by atoms with van der Waals surface area (Å²) in [7, 11) is 2.12. The lowest BCUT2D eigenvalue weighted by molar-refractivity contribution is 0.459. The monoisotopic (exact) mass is 446 g/mol. The largest absolute Gasteiger partial charge is 0.457 e. The van der Waals surface area contributed by atoms with Crippen LogP contribution in [0.2, 0.25) is 0 Å². The van der Waals surface area contributed by atoms with Crippen LogP contribution in [0, 0.1) is 0 Å². The lowest BCUT2D eigenvalue weighted by Crippen LogP contribution is -2.24. The van der Waals surface area contributed by atoms with Gasteiger partial charge in [-0.3, -0.25) is 4.57 Å². The predicted octanol–water partition coefficient (Wildman–Crippen LogP) is 6.93. The van der Waals surface area contributed by atoms with Crippen LogP contribution in [0.25, 0.3) is 27.6 Å². The van der Waals surface area contributed by atoms with Crippen molar-refractivity contribution < 1.29 is 4.74 Å². The summed E-state index contributed by atoms with van der Waals surface area (Å²) >= 11 is 0. The summed E-state index contributed by atoms with van der Waals surface area (Å²) in [6, 6.07) is 29.0. The number of ether oxygens (including phenoxy) is 1. The Balaban J connectivity index is 1.41. The van der Waals surface area contributed by atoms with E-state index in [9.17, 15) is 0 Å². The Morgan fingerprint density at radius 3 is 2.32 bits per heavy atom. The molecule has 0 saturated carbocycles. The minimum atomic E-state index is 0.798. The molecule has 0 amide bonds. The molecule has 5 aromatic rings. The standard InChI is InChI=1S/C29H26N4O/c1-20-21(2)32(19-31(20)3)22-9-8-10-23(17-22)34-24-14-15-26-25-11-4-5-12-27(25)33(28(26)18-24)29-13-6-7-16-30-29/h4-18H,19H2,1-3H3. The van der Waals surface area contributed by atoms with Crippen LogP contribution in [0.5, 0.6) is 11.5 Å². The molecule has 0 aliphatic carbocycles. The molecule has 168 valence electrons. The average Bonchev–Trinajstić information content (AvgIpc) is 3.33. The van der Waals surface area contributed by atoms with Crippen LogP contribution in [-0.4, -0.2) is 28.2 Å². The van der Waals surface area contributed by atoms with Gasteiger partial charge in [0, 0.05) is 53.2 Å². The first-order chi connectivity index (χ1) is 16.6. The van der Waals surface area contributed by atoms with Crippen molar-refractivity contribution in [3.8, 4) is 17.3 Å². The molecule has 0 bridgehead atoms. The van der Waals surface area contributed by atoms with Gasteiger partial charge in [0.2, 0.25) is 0 Å². The summed E-state index contributed by atoms with van der Waals surface area (Å²) in [5, 5.41) is 2.38. The maximum atomic E-state index is 6.37. The molecule has 0 spiro atoms. The van der Waals surface area contributed by atoms with E-state index in [1.54, 1.807) is 0 Å². The van der Waals surface area contributed by atoms with Gasteiger partial charge in [-0.25, -0.2) is 4.98 Å². The Labute approximate surface area is 199 Å². The van der Waals surface area contributed by atoms with E-state index in [1.807, 2.05) is 36.5 Å². The third-order valence-electron chi connectivity index (χ3n) is 6.74. The number of hydrogen-bond acceptors (Lipinski definition) is 4. The molecule has 6 rings (SSSR count). The van der Waals surface area contributed by atoms with Crippen molar-refractivity contribution in [2.45, 2.75) is 13.8 Å². The molecule has 3 heterocycles. The van der Waals surface area contributed by atoms with E-state index in [4.69, 9.17) is 4.74 Å². The molecule has 1 aliphatic rings. The van der Waals surface area contributed by atoms with E-state index in [2.05, 4.69) is 94.8 Å². The molecule has 0 radical (unpaired) electrons. The van der Waals surface area contributed by atoms with E-state index in [1.165, 1.54) is 22.2 Å². The first-order valence-corrected chi connectivity index (χ1v) is 11.5. The quantitative estimate of drug-likeness (QED) is 0.300. The topological polar surface area (TPSA) is 33.5 Å². The Hall–Kier alpha value is -4.25. The molecular weight excluding hydrogens is 420 g/mol. The van der Waals surface area contributed by atoms with Crippen molar-refractivity contribution in [1.82, 2.24) is 14.5 Å². The second kappa shape index (κ2) is 7.96. The maximum absolute atomic E-state index is 6.37. The summed E-state index contributed by atoms with van der Waals surface area (Å²) in [6.45, 7) is 5.17. The molecule has 5 nitrogen and oxygen atoms in total. The first-order valence-electron chi connectivity index (χ1n) is 11.5. The highest BCUT2D eigenvalue weighted by molar-refractivity contribution is 6.09. The zero-order valence-corrected chi connectivity index (χ0v) is 19.6. The van der Waals surface area contributed by atoms with Gasteiger partial charge in [-0.1, -0.05) is 30.3 Å². The van der Waals surface area contributed by atoms with Gasteiger partial charge < -0.3 is 14.5 Å². The predicted molar refractivity (Wildman–Crippen MR) is 139 cm³/mol. The highest BCUT2D eigenvalue weighted by Crippen LogP contribution is 2.36. The van der Waals surface area contributed by atoms with Gasteiger partial charge in [0.15, 0.2) is 0 Å². The molecule has 0 fully saturated rings. The fourth-order valence-electron chi connectivity index (χ4n) is 4.77. The molecule has 3 aromatic carbocycles. The molecular formula is C29H26N4O. The number of allylic oxidation sites excluding steroid dienone is 2. The number of pyridine rings is 1. The molecule has 0 N–H and O–H groups in total. The van der Waals surface area contributed by atoms with Gasteiger partial charge in [0.25, 0.3) is 0 Å². The molecule has 0 unspecified atom stereocenters. The van der Waals surface area contributed by atoms with Crippen LogP contribution < -0.4 is 9.64 Å². The van der Waals surface area contributed by atoms with Crippen molar-refractivity contribution in [3.05, 3.63) is 103 Å². The van der Waals surface area contributed by atoms with Crippen molar-refractivity contribution in [2.24, 2.45) is 0 Å². The van der Waals surface area contributed by atoms with Crippen LogP contribution in [0.15, 0.2) is 103 Å². The van der Waals surface area contributed by atoms with Gasteiger partial charge >= 0.3 is 0 Å². The van der Waals surface area contributed by atoms with E-state index in [0.717, 1.165) is 40.7 Å². The van der Waals surface area contributed by atoms with Gasteiger partial charge in [-0.15, -0.1) is 0 Å². The van der Waals surface area contributed by atoms with Gasteiger partial charge in [0.05, 0.1) is 17.7 Å². The fourth-order valence-corrected chi connectivity index (χ4v) is 4.77. The summed E-state index contributed by atoms with van der Waals surface area (Å²) in [5.74, 6) is 2.51. The minimum absolute atomic E-state index is 0.798. The van der Waals surface area contributed by atoms with Crippen LogP contribution in [0.3, 0.4) is 0 Å². The van der Waals surface area contributed by atoms with Gasteiger partial charge in [0.1, 0.15) is 17.3 Å². The number of aromatic nitrogens is 2. The highest BCUT2D eigenvalue weighted by Gasteiger charge is 2.22. The van der Waals surface area contributed by atoms with E-state index in [0.29, 0.717) is 0 Å². The number of fused-ring (bicyclic) bond motifs is 3. The third kappa shape index (κ3) is 3.28. The zero-order valence-electron chi connectivity index (χ0n) is 19.6. The molecule has 2 aromatic heterocycles. The summed E-state index contributed by atoms with van der Waals surface area (Å²) in [5.41, 5.74) is 5.89. The Morgan fingerprint density at radius 1 is 0.735 bits per heavy atom. The Kier molecular flexibility index (Phi) is 4.77. The number of benzene rings is 3. The second-order valence-corrected chi connectivity index (χ2v) is 8.76. The Bertz CT molecular complexity index is 1550. The summed E-state index contributed by atoms with van der Waals surface area (Å²) < 4.78 is 8.57. The fraction of sp³-hybridized carbons (Fsp3) is 0.138. The number of nitrogens with zero attached hydrogens (tertiary/aromatic N) is 4. The number of para-hydroxylation sites is 1. The molecule has 0 saturated heterocycles. The summed E-state index contributed by atoms with van der Waals surface area (Å²) in [6.07, 6.45) is 1.83. The lowest BCUT2D eigenvalue weighted by atomic mass is 10.1. The normalized spacial score (nSPS) is 14.0. The van der Waals surface area contributed by atoms with E-state index >= 15 is 0 Å². The SMILES string of the molecule is CC1=C(C)N(c2cccc(Oc3ccc4c5ccccc5n(-c5ccccn5)c4c3)c2)CN1C. The van der Waals surface area contributed by atoms with Crippen molar-refractivity contribution in [1.29, 1.82) is 0 Å². The van der Waals surface area contributed by atoms with Crippen LogP contribution >= 0.6 is 0 Å². The zero-order chi connectivity index (χ0) is 23.2. The van der Waals surface area contributed by atoms with Crippen LogP contribution in [-0.2, 0) is 0 Å². The van der Waals surface area contributed by atoms with E-state index in [-0.39, 0.29) is 0 Å². The van der Waals surface area contributed by atoms with E-state index < -0.39 is 0 Å². The highest BCUT2D eigenvalue weighted by atomic mass is 16.5. The first kappa shape index (κ1) is 20.4. The summed E-state index contributed by atoms with van der Waals surface area (Å²) in [4.78, 5) is 9.19. The lowest BCUT2D eigenvalue weighted by Gasteiger charge is -2.21. The minimum Gasteiger partial charge on any atom is -0.457 e. The third-order valence-corrected chi connectivity index (χ3v) is 6.74. The van der Waals surface area contributed by atoms with Gasteiger partial charge in [-0.05, 0) is 56.3 Å². The molecule has 34 heavy (non-hydrogen) atoms. The number of rotatable bonds is 4. The van der Waals surface area contributed by atoms with Crippen molar-refractivity contribution in [2.75, 3.05) is 18.6 Å². The average molecular weight is 447 g/mol. The molecule has 1 aliphatic heterocycles. The number of anilines is 1. The smallest absolute Gasteiger partial charge is 0.137 e. The van der Waals surface area contributed by atoms with Crippen LogP contribution in [0.4, 0.5) is 5.69 Å². The van der Waals surface area contributed by atoms with Crippen LogP contribution in [0.1, 0.15) is 13.8 Å². The molecule has 0 atom stereocenters. The number of hydrogen-bond donors (Lipinski definition) is 0. The Morgan fingerprint density at radius 2 is 1.53 bits per heavy atom. The van der Waals surface area contributed by atoms with Crippen molar-refractivity contribution >= 4 is 27.5 Å². The second-order valence-electron chi connectivity index (χ2n) is 8.76.